The van der Waals surface area contributed by atoms with E-state index in [1.165, 1.54) is 77.5 Å². The fourth-order valence-corrected chi connectivity index (χ4v) is 2.66. The molecule has 0 aromatic rings. The Balaban J connectivity index is 2.08. The minimum atomic E-state index is 0.828. The third kappa shape index (κ3) is 7.05. The van der Waals surface area contributed by atoms with E-state index >= 15 is 0 Å². The van der Waals surface area contributed by atoms with Gasteiger partial charge in [0.15, 0.2) is 0 Å². The Labute approximate surface area is 108 Å². The average molecular weight is 240 g/mol. The van der Waals surface area contributed by atoms with Crippen LogP contribution in [0.3, 0.4) is 0 Å². The first-order chi connectivity index (χ1) is 8.36. The summed E-state index contributed by atoms with van der Waals surface area (Å²) in [6.07, 6.45) is 10.9. The summed E-state index contributed by atoms with van der Waals surface area (Å²) in [6.45, 7) is 9.78. The summed E-state index contributed by atoms with van der Waals surface area (Å²) >= 11 is 0. The monoisotopic (exact) mass is 240 g/mol. The highest BCUT2D eigenvalue weighted by atomic mass is 15.1. The third-order valence-corrected chi connectivity index (χ3v) is 3.85. The number of nitrogens with one attached hydrogen (secondary N) is 1. The standard InChI is InChI=1S/C15H32N2/c1-3-5-12-17(13-6-4-2)14-8-10-15-9-7-11-16-15/h15-16H,3-14H2,1-2H3. The maximum Gasteiger partial charge on any atom is 0.00680 e. The Morgan fingerprint density at radius 2 is 1.65 bits per heavy atom. The predicted octanol–water partition coefficient (Wildman–Crippen LogP) is 3.42. The van der Waals surface area contributed by atoms with Crippen LogP contribution in [0.4, 0.5) is 0 Å². The van der Waals surface area contributed by atoms with Gasteiger partial charge in [0, 0.05) is 6.04 Å². The Bertz CT molecular complexity index is 156. The minimum Gasteiger partial charge on any atom is -0.314 e. The second-order valence-corrected chi connectivity index (χ2v) is 5.48. The van der Waals surface area contributed by atoms with Gasteiger partial charge in [-0.15, -0.1) is 0 Å². The lowest BCUT2D eigenvalue weighted by molar-refractivity contribution is 0.256. The molecular weight excluding hydrogens is 208 g/mol. The molecule has 2 nitrogen and oxygen atoms in total. The van der Waals surface area contributed by atoms with Crippen LogP contribution in [0.5, 0.6) is 0 Å². The molecule has 0 spiro atoms. The number of hydrogen-bond acceptors (Lipinski definition) is 2. The summed E-state index contributed by atoms with van der Waals surface area (Å²) in [7, 11) is 0. The van der Waals surface area contributed by atoms with E-state index in [1.807, 2.05) is 0 Å². The van der Waals surface area contributed by atoms with Gasteiger partial charge in [-0.05, 0) is 64.7 Å². The molecule has 0 aromatic carbocycles. The predicted molar refractivity (Wildman–Crippen MR) is 76.5 cm³/mol. The summed E-state index contributed by atoms with van der Waals surface area (Å²) in [4.78, 5) is 2.68. The van der Waals surface area contributed by atoms with Crippen LogP contribution < -0.4 is 5.32 Å². The van der Waals surface area contributed by atoms with Gasteiger partial charge >= 0.3 is 0 Å². The summed E-state index contributed by atoms with van der Waals surface area (Å²) in [5.74, 6) is 0. The van der Waals surface area contributed by atoms with Crippen molar-refractivity contribution in [1.82, 2.24) is 10.2 Å². The number of hydrogen-bond donors (Lipinski definition) is 1. The van der Waals surface area contributed by atoms with Crippen LogP contribution in [0.25, 0.3) is 0 Å². The molecule has 1 rings (SSSR count). The second-order valence-electron chi connectivity index (χ2n) is 5.48. The van der Waals surface area contributed by atoms with Crippen molar-refractivity contribution in [1.29, 1.82) is 0 Å². The normalized spacial score (nSPS) is 20.3. The van der Waals surface area contributed by atoms with E-state index in [9.17, 15) is 0 Å². The highest BCUT2D eigenvalue weighted by Crippen LogP contribution is 2.11. The van der Waals surface area contributed by atoms with Crippen molar-refractivity contribution in [2.45, 2.75) is 71.3 Å². The molecule has 1 atom stereocenters. The topological polar surface area (TPSA) is 15.3 Å². The highest BCUT2D eigenvalue weighted by Gasteiger charge is 2.13. The lowest BCUT2D eigenvalue weighted by Gasteiger charge is -2.22. The largest absolute Gasteiger partial charge is 0.314 e. The van der Waals surface area contributed by atoms with E-state index in [0.29, 0.717) is 0 Å². The zero-order valence-corrected chi connectivity index (χ0v) is 12.0. The summed E-state index contributed by atoms with van der Waals surface area (Å²) in [5.41, 5.74) is 0. The van der Waals surface area contributed by atoms with Crippen LogP contribution in [-0.2, 0) is 0 Å². The third-order valence-electron chi connectivity index (χ3n) is 3.85. The molecule has 1 aliphatic heterocycles. The molecular formula is C15H32N2. The van der Waals surface area contributed by atoms with Crippen molar-refractivity contribution in [2.24, 2.45) is 0 Å². The fraction of sp³-hybridized carbons (Fsp3) is 1.00. The van der Waals surface area contributed by atoms with E-state index in [0.717, 1.165) is 6.04 Å². The van der Waals surface area contributed by atoms with Gasteiger partial charge in [0.2, 0.25) is 0 Å². The SMILES string of the molecule is CCCCN(CCCC)CCCC1CCCN1. The van der Waals surface area contributed by atoms with Gasteiger partial charge in [-0.3, -0.25) is 0 Å². The smallest absolute Gasteiger partial charge is 0.00680 e. The molecule has 0 saturated carbocycles. The Kier molecular flexibility index (Phi) is 8.72. The molecule has 0 aromatic heterocycles. The average Bonchev–Trinajstić information content (AvgIpc) is 2.85. The lowest BCUT2D eigenvalue weighted by atomic mass is 10.1. The van der Waals surface area contributed by atoms with E-state index in [2.05, 4.69) is 24.1 Å². The summed E-state index contributed by atoms with van der Waals surface area (Å²) in [5, 5.41) is 3.60. The van der Waals surface area contributed by atoms with Crippen LogP contribution in [0.2, 0.25) is 0 Å². The van der Waals surface area contributed by atoms with Gasteiger partial charge in [-0.2, -0.15) is 0 Å². The molecule has 0 amide bonds. The zero-order chi connectivity index (χ0) is 12.3. The van der Waals surface area contributed by atoms with Crippen molar-refractivity contribution >= 4 is 0 Å². The van der Waals surface area contributed by atoms with Crippen LogP contribution in [0.15, 0.2) is 0 Å². The number of unbranched alkanes of at least 4 members (excludes halogenated alkanes) is 2. The van der Waals surface area contributed by atoms with Crippen molar-refractivity contribution in [3.05, 3.63) is 0 Å². The Morgan fingerprint density at radius 3 is 2.18 bits per heavy atom. The second kappa shape index (κ2) is 9.90. The molecule has 0 radical (unpaired) electrons. The molecule has 2 heteroatoms. The quantitative estimate of drug-likeness (QED) is 0.629. The molecule has 1 unspecified atom stereocenters. The van der Waals surface area contributed by atoms with Crippen molar-refractivity contribution < 1.29 is 0 Å². The molecule has 0 aliphatic carbocycles. The number of nitrogens with zero attached hydrogens (tertiary/aromatic N) is 1. The lowest BCUT2D eigenvalue weighted by Crippen LogP contribution is -2.29. The van der Waals surface area contributed by atoms with Gasteiger partial charge in [-0.1, -0.05) is 26.7 Å². The maximum absolute atomic E-state index is 3.60. The first-order valence-electron chi connectivity index (χ1n) is 7.82. The van der Waals surface area contributed by atoms with Crippen LogP contribution >= 0.6 is 0 Å². The van der Waals surface area contributed by atoms with Crippen molar-refractivity contribution in [3.8, 4) is 0 Å². The minimum absolute atomic E-state index is 0.828. The van der Waals surface area contributed by atoms with E-state index < -0.39 is 0 Å². The van der Waals surface area contributed by atoms with Gasteiger partial charge in [0.1, 0.15) is 0 Å². The Hall–Kier alpha value is -0.0800. The number of rotatable bonds is 10. The van der Waals surface area contributed by atoms with E-state index in [4.69, 9.17) is 0 Å². The van der Waals surface area contributed by atoms with Gasteiger partial charge < -0.3 is 10.2 Å². The molecule has 1 N–H and O–H groups in total. The van der Waals surface area contributed by atoms with Crippen LogP contribution in [0, 0.1) is 0 Å². The molecule has 0 bridgehead atoms. The molecule has 1 heterocycles. The van der Waals surface area contributed by atoms with Gasteiger partial charge in [0.05, 0.1) is 0 Å². The first kappa shape index (κ1) is 15.0. The Morgan fingerprint density at radius 1 is 1.00 bits per heavy atom. The van der Waals surface area contributed by atoms with E-state index in [-0.39, 0.29) is 0 Å². The molecule has 102 valence electrons. The molecule has 1 aliphatic rings. The van der Waals surface area contributed by atoms with Crippen LogP contribution in [-0.4, -0.2) is 37.1 Å². The van der Waals surface area contributed by atoms with E-state index in [1.54, 1.807) is 0 Å². The van der Waals surface area contributed by atoms with Gasteiger partial charge in [-0.25, -0.2) is 0 Å². The molecule has 17 heavy (non-hydrogen) atoms. The van der Waals surface area contributed by atoms with Gasteiger partial charge in [0.25, 0.3) is 0 Å². The van der Waals surface area contributed by atoms with Crippen LogP contribution in [0.1, 0.15) is 65.2 Å². The summed E-state index contributed by atoms with van der Waals surface area (Å²) < 4.78 is 0. The maximum atomic E-state index is 3.60. The first-order valence-corrected chi connectivity index (χ1v) is 7.82. The summed E-state index contributed by atoms with van der Waals surface area (Å²) in [6, 6.07) is 0.828. The highest BCUT2D eigenvalue weighted by molar-refractivity contribution is 4.74. The van der Waals surface area contributed by atoms with Crippen molar-refractivity contribution in [3.63, 3.8) is 0 Å². The molecule has 1 saturated heterocycles. The molecule has 1 fully saturated rings. The van der Waals surface area contributed by atoms with Crippen molar-refractivity contribution in [2.75, 3.05) is 26.2 Å². The fourth-order valence-electron chi connectivity index (χ4n) is 2.66. The zero-order valence-electron chi connectivity index (χ0n) is 12.0.